The van der Waals surface area contributed by atoms with E-state index in [-0.39, 0.29) is 0 Å². The number of unbranched alkanes of at least 4 members (excludes halogenated alkanes) is 4. The van der Waals surface area contributed by atoms with Crippen molar-refractivity contribution >= 4 is 26.7 Å². The molecule has 126 valence electrons. The van der Waals surface area contributed by atoms with Gasteiger partial charge in [-0.2, -0.15) is 0 Å². The maximum Gasteiger partial charge on any atom is 0.127 e. The molecule has 0 aliphatic heterocycles. The minimum atomic E-state index is 0.772. The Labute approximate surface area is 148 Å². The van der Waals surface area contributed by atoms with E-state index in [2.05, 4.69) is 47.1 Å². The van der Waals surface area contributed by atoms with E-state index in [1.807, 2.05) is 12.1 Å². The average Bonchev–Trinajstić information content (AvgIpc) is 2.59. The van der Waals surface area contributed by atoms with Crippen LogP contribution in [0.3, 0.4) is 0 Å². The number of hydrogen-bond donors (Lipinski definition) is 0. The zero-order chi connectivity index (χ0) is 16.3. The molecular formula is C20H27BrO2. The van der Waals surface area contributed by atoms with E-state index in [1.54, 1.807) is 0 Å². The molecule has 23 heavy (non-hydrogen) atoms. The molecule has 2 nitrogen and oxygen atoms in total. The highest BCUT2D eigenvalue weighted by atomic mass is 79.9. The average molecular weight is 379 g/mol. The van der Waals surface area contributed by atoms with Gasteiger partial charge in [0.15, 0.2) is 0 Å². The highest BCUT2D eigenvalue weighted by Crippen LogP contribution is 2.33. The summed E-state index contributed by atoms with van der Waals surface area (Å²) < 4.78 is 11.9. The van der Waals surface area contributed by atoms with Crippen LogP contribution in [0.4, 0.5) is 0 Å². The van der Waals surface area contributed by atoms with Crippen molar-refractivity contribution in [2.75, 3.05) is 18.5 Å². The fourth-order valence-corrected chi connectivity index (χ4v) is 2.95. The zero-order valence-corrected chi connectivity index (χ0v) is 15.6. The largest absolute Gasteiger partial charge is 0.493 e. The van der Waals surface area contributed by atoms with E-state index in [0.717, 1.165) is 60.1 Å². The molecule has 0 aliphatic rings. The lowest BCUT2D eigenvalue weighted by Gasteiger charge is -2.13. The minimum absolute atomic E-state index is 0.772. The van der Waals surface area contributed by atoms with E-state index in [1.165, 1.54) is 19.3 Å². The molecule has 0 unspecified atom stereocenters. The number of rotatable bonds is 11. The summed E-state index contributed by atoms with van der Waals surface area (Å²) in [5.74, 6) is 1.92. The third kappa shape index (κ3) is 5.72. The van der Waals surface area contributed by atoms with Crippen molar-refractivity contribution < 1.29 is 9.47 Å². The maximum absolute atomic E-state index is 6.01. The first kappa shape index (κ1) is 18.1. The predicted octanol–water partition coefficient (Wildman–Crippen LogP) is 6.35. The Kier molecular flexibility index (Phi) is 8.30. The SMILES string of the molecule is CCCCOc1ccc(OCCCCCCBr)c2ccccc12. The van der Waals surface area contributed by atoms with Crippen LogP contribution in [-0.2, 0) is 0 Å². The van der Waals surface area contributed by atoms with Crippen LogP contribution in [0.5, 0.6) is 11.5 Å². The van der Waals surface area contributed by atoms with E-state index in [9.17, 15) is 0 Å². The molecule has 2 aromatic rings. The van der Waals surface area contributed by atoms with Gasteiger partial charge in [-0.25, -0.2) is 0 Å². The second-order valence-electron chi connectivity index (χ2n) is 5.76. The number of fused-ring (bicyclic) bond motifs is 1. The van der Waals surface area contributed by atoms with Gasteiger partial charge >= 0.3 is 0 Å². The van der Waals surface area contributed by atoms with Gasteiger partial charge in [-0.1, -0.05) is 66.4 Å². The third-order valence-corrected chi connectivity index (χ3v) is 4.45. The first-order chi connectivity index (χ1) is 11.4. The Balaban J connectivity index is 1.99. The first-order valence-corrected chi connectivity index (χ1v) is 9.82. The molecule has 2 aromatic carbocycles. The van der Waals surface area contributed by atoms with Crippen LogP contribution in [0, 0.1) is 0 Å². The number of ether oxygens (including phenoxy) is 2. The van der Waals surface area contributed by atoms with Gasteiger partial charge < -0.3 is 9.47 Å². The number of benzene rings is 2. The number of hydrogen-bond acceptors (Lipinski definition) is 2. The molecule has 0 heterocycles. The second-order valence-corrected chi connectivity index (χ2v) is 6.55. The Morgan fingerprint density at radius 3 is 1.87 bits per heavy atom. The van der Waals surface area contributed by atoms with Gasteiger partial charge in [0.1, 0.15) is 11.5 Å². The van der Waals surface area contributed by atoms with Crippen LogP contribution in [-0.4, -0.2) is 18.5 Å². The van der Waals surface area contributed by atoms with Gasteiger partial charge in [-0.3, -0.25) is 0 Å². The predicted molar refractivity (Wildman–Crippen MR) is 102 cm³/mol. The van der Waals surface area contributed by atoms with Crippen molar-refractivity contribution in [2.24, 2.45) is 0 Å². The molecule has 2 rings (SSSR count). The highest BCUT2D eigenvalue weighted by Gasteiger charge is 2.07. The Bertz CT molecular complexity index is 583. The Morgan fingerprint density at radius 1 is 0.739 bits per heavy atom. The molecule has 0 spiro atoms. The fraction of sp³-hybridized carbons (Fsp3) is 0.500. The van der Waals surface area contributed by atoms with Crippen molar-refractivity contribution in [2.45, 2.75) is 45.4 Å². The van der Waals surface area contributed by atoms with Gasteiger partial charge in [-0.05, 0) is 31.4 Å². The molecule has 0 fully saturated rings. The Hall–Kier alpha value is -1.22. The van der Waals surface area contributed by atoms with E-state index in [4.69, 9.17) is 9.47 Å². The molecule has 0 atom stereocenters. The van der Waals surface area contributed by atoms with Crippen molar-refractivity contribution in [3.8, 4) is 11.5 Å². The quantitative estimate of drug-likeness (QED) is 0.334. The van der Waals surface area contributed by atoms with Gasteiger partial charge in [0.2, 0.25) is 0 Å². The summed E-state index contributed by atoms with van der Waals surface area (Å²) in [5.41, 5.74) is 0. The van der Waals surface area contributed by atoms with E-state index < -0.39 is 0 Å². The molecule has 0 amide bonds. The van der Waals surface area contributed by atoms with Crippen LogP contribution in [0.2, 0.25) is 0 Å². The van der Waals surface area contributed by atoms with Crippen LogP contribution in [0.1, 0.15) is 45.4 Å². The highest BCUT2D eigenvalue weighted by molar-refractivity contribution is 9.09. The van der Waals surface area contributed by atoms with E-state index in [0.29, 0.717) is 0 Å². The molecule has 0 aliphatic carbocycles. The molecule has 0 bridgehead atoms. The standard InChI is InChI=1S/C20H27BrO2/c1-2-3-15-22-19-12-13-20(18-11-7-6-10-17(18)19)23-16-9-5-4-8-14-21/h6-7,10-13H,2-5,8-9,14-16H2,1H3. The van der Waals surface area contributed by atoms with E-state index >= 15 is 0 Å². The summed E-state index contributed by atoms with van der Waals surface area (Å²) in [6.45, 7) is 3.73. The van der Waals surface area contributed by atoms with Gasteiger partial charge in [-0.15, -0.1) is 0 Å². The van der Waals surface area contributed by atoms with Crippen LogP contribution < -0.4 is 9.47 Å². The molecule has 0 saturated carbocycles. The summed E-state index contributed by atoms with van der Waals surface area (Å²) in [5, 5.41) is 3.38. The fourth-order valence-electron chi connectivity index (χ4n) is 2.55. The summed E-state index contributed by atoms with van der Waals surface area (Å²) in [6.07, 6.45) is 7.07. The first-order valence-electron chi connectivity index (χ1n) is 8.70. The lowest BCUT2D eigenvalue weighted by atomic mass is 10.1. The van der Waals surface area contributed by atoms with Gasteiger partial charge in [0.25, 0.3) is 0 Å². The van der Waals surface area contributed by atoms with Gasteiger partial charge in [0, 0.05) is 16.1 Å². The summed E-state index contributed by atoms with van der Waals surface area (Å²) in [6, 6.07) is 12.4. The monoisotopic (exact) mass is 378 g/mol. The summed E-state index contributed by atoms with van der Waals surface area (Å²) in [7, 11) is 0. The van der Waals surface area contributed by atoms with Crippen LogP contribution in [0.25, 0.3) is 10.8 Å². The zero-order valence-electron chi connectivity index (χ0n) is 14.0. The van der Waals surface area contributed by atoms with Crippen molar-refractivity contribution in [3.63, 3.8) is 0 Å². The summed E-state index contributed by atoms with van der Waals surface area (Å²) in [4.78, 5) is 0. The lowest BCUT2D eigenvalue weighted by molar-refractivity contribution is 0.304. The molecule has 3 heteroatoms. The molecule has 0 radical (unpaired) electrons. The smallest absolute Gasteiger partial charge is 0.127 e. The molecular weight excluding hydrogens is 352 g/mol. The number of halogens is 1. The topological polar surface area (TPSA) is 18.5 Å². The van der Waals surface area contributed by atoms with Crippen molar-refractivity contribution in [3.05, 3.63) is 36.4 Å². The van der Waals surface area contributed by atoms with Crippen molar-refractivity contribution in [1.82, 2.24) is 0 Å². The van der Waals surface area contributed by atoms with Crippen LogP contribution >= 0.6 is 15.9 Å². The van der Waals surface area contributed by atoms with Crippen molar-refractivity contribution in [1.29, 1.82) is 0 Å². The molecule has 0 saturated heterocycles. The normalized spacial score (nSPS) is 10.9. The van der Waals surface area contributed by atoms with Crippen LogP contribution in [0.15, 0.2) is 36.4 Å². The lowest BCUT2D eigenvalue weighted by Crippen LogP contribution is -2.00. The maximum atomic E-state index is 6.01. The minimum Gasteiger partial charge on any atom is -0.493 e. The number of alkyl halides is 1. The summed E-state index contributed by atoms with van der Waals surface area (Å²) >= 11 is 3.47. The second kappa shape index (κ2) is 10.5. The molecule has 0 N–H and O–H groups in total. The van der Waals surface area contributed by atoms with Gasteiger partial charge in [0.05, 0.1) is 13.2 Å². The third-order valence-electron chi connectivity index (χ3n) is 3.89. The molecule has 0 aromatic heterocycles. The Morgan fingerprint density at radius 2 is 1.30 bits per heavy atom.